The smallest absolute Gasteiger partial charge is 0.276 e. The minimum atomic E-state index is -0.361. The van der Waals surface area contributed by atoms with Gasteiger partial charge in [0, 0.05) is 12.2 Å². The first-order chi connectivity index (χ1) is 13.1. The highest BCUT2D eigenvalue weighted by Gasteiger charge is 2.19. The van der Waals surface area contributed by atoms with Gasteiger partial charge in [-0.05, 0) is 55.8 Å². The lowest BCUT2D eigenvalue weighted by molar-refractivity contribution is 0.0942. The molecule has 0 atom stereocenters. The van der Waals surface area contributed by atoms with E-state index in [0.29, 0.717) is 12.3 Å². The van der Waals surface area contributed by atoms with Crippen LogP contribution in [-0.2, 0) is 6.54 Å². The summed E-state index contributed by atoms with van der Waals surface area (Å²) in [6, 6.07) is 16.1. The summed E-state index contributed by atoms with van der Waals surface area (Å²) in [5.74, 6) is 0.0376. The van der Waals surface area contributed by atoms with Crippen molar-refractivity contribution in [2.75, 3.05) is 11.4 Å². The fraction of sp³-hybridized carbons (Fsp3) is 0.190. The summed E-state index contributed by atoms with van der Waals surface area (Å²) in [4.78, 5) is 31.1. The Balaban J connectivity index is 1.77. The van der Waals surface area contributed by atoms with Crippen molar-refractivity contribution in [2.45, 2.75) is 20.4 Å². The number of nitrogens with zero attached hydrogens (tertiary/aromatic N) is 2. The number of amides is 2. The maximum atomic E-state index is 12.9. The van der Waals surface area contributed by atoms with Gasteiger partial charge in [0.2, 0.25) is 0 Å². The van der Waals surface area contributed by atoms with E-state index < -0.39 is 0 Å². The molecule has 0 radical (unpaired) electrons. The number of aromatic nitrogens is 1. The van der Waals surface area contributed by atoms with Crippen molar-refractivity contribution < 1.29 is 14.0 Å². The van der Waals surface area contributed by atoms with E-state index in [4.69, 9.17) is 4.42 Å². The number of carbonyl (C=O) groups excluding carboxylic acids is 2. The molecule has 0 fully saturated rings. The summed E-state index contributed by atoms with van der Waals surface area (Å²) in [6.07, 6.45) is 1.55. The first kappa shape index (κ1) is 18.4. The highest BCUT2D eigenvalue weighted by Crippen LogP contribution is 2.18. The third-order valence-electron chi connectivity index (χ3n) is 4.08. The van der Waals surface area contributed by atoms with E-state index in [-0.39, 0.29) is 29.7 Å². The number of anilines is 1. The topological polar surface area (TPSA) is 75.4 Å². The summed E-state index contributed by atoms with van der Waals surface area (Å²) in [5, 5.41) is 2.73. The van der Waals surface area contributed by atoms with E-state index in [1.165, 1.54) is 0 Å². The summed E-state index contributed by atoms with van der Waals surface area (Å²) in [6.45, 7) is 4.64. The Kier molecular flexibility index (Phi) is 5.66. The molecule has 0 unspecified atom stereocenters. The van der Waals surface area contributed by atoms with Gasteiger partial charge in [0.05, 0.1) is 12.8 Å². The maximum Gasteiger partial charge on any atom is 0.276 e. The third-order valence-corrected chi connectivity index (χ3v) is 4.08. The number of furan rings is 1. The van der Waals surface area contributed by atoms with Gasteiger partial charge in [0.1, 0.15) is 17.1 Å². The standard InChI is InChI=1S/C21H21N3O3/c1-3-24(16-8-4-7-15(2)13-16)21(26)19-11-5-10-18(23-19)20(25)22-14-17-9-6-12-27-17/h4-13H,3,14H2,1-2H3,(H,22,25). The minimum Gasteiger partial charge on any atom is -0.467 e. The van der Waals surface area contributed by atoms with Gasteiger partial charge in [-0.25, -0.2) is 4.98 Å². The Bertz CT molecular complexity index is 935. The second-order valence-electron chi connectivity index (χ2n) is 6.06. The number of hydrogen-bond donors (Lipinski definition) is 1. The number of pyridine rings is 1. The zero-order valence-electron chi connectivity index (χ0n) is 15.3. The van der Waals surface area contributed by atoms with Gasteiger partial charge in [-0.15, -0.1) is 0 Å². The van der Waals surface area contributed by atoms with Crippen molar-refractivity contribution in [2.24, 2.45) is 0 Å². The Morgan fingerprint density at radius 3 is 2.56 bits per heavy atom. The van der Waals surface area contributed by atoms with Gasteiger partial charge in [-0.3, -0.25) is 9.59 Å². The average Bonchev–Trinajstić information content (AvgIpc) is 3.20. The first-order valence-corrected chi connectivity index (χ1v) is 8.74. The third kappa shape index (κ3) is 4.41. The van der Waals surface area contributed by atoms with Crippen molar-refractivity contribution in [3.05, 3.63) is 83.6 Å². The lowest BCUT2D eigenvalue weighted by Crippen LogP contribution is -2.32. The largest absolute Gasteiger partial charge is 0.467 e. The van der Waals surface area contributed by atoms with Gasteiger partial charge >= 0.3 is 0 Å². The fourth-order valence-electron chi connectivity index (χ4n) is 2.73. The summed E-state index contributed by atoms with van der Waals surface area (Å²) in [7, 11) is 0. The van der Waals surface area contributed by atoms with Crippen LogP contribution < -0.4 is 10.2 Å². The lowest BCUT2D eigenvalue weighted by atomic mass is 10.2. The van der Waals surface area contributed by atoms with Crippen molar-refractivity contribution >= 4 is 17.5 Å². The Morgan fingerprint density at radius 2 is 1.85 bits per heavy atom. The number of hydrogen-bond acceptors (Lipinski definition) is 4. The predicted octanol–water partition coefficient (Wildman–Crippen LogP) is 3.58. The summed E-state index contributed by atoms with van der Waals surface area (Å²) < 4.78 is 5.19. The van der Waals surface area contributed by atoms with Crippen molar-refractivity contribution in [3.63, 3.8) is 0 Å². The van der Waals surface area contributed by atoms with Crippen molar-refractivity contribution in [1.82, 2.24) is 10.3 Å². The lowest BCUT2D eigenvalue weighted by Gasteiger charge is -2.21. The molecule has 1 N–H and O–H groups in total. The van der Waals surface area contributed by atoms with Crippen LogP contribution in [0.15, 0.2) is 65.3 Å². The molecule has 2 aromatic heterocycles. The monoisotopic (exact) mass is 363 g/mol. The van der Waals surface area contributed by atoms with Crippen LogP contribution in [0.25, 0.3) is 0 Å². The van der Waals surface area contributed by atoms with Crippen molar-refractivity contribution in [1.29, 1.82) is 0 Å². The van der Waals surface area contributed by atoms with E-state index >= 15 is 0 Å². The van der Waals surface area contributed by atoms with E-state index in [1.807, 2.05) is 38.1 Å². The molecule has 0 aliphatic heterocycles. The number of rotatable bonds is 6. The number of benzene rings is 1. The van der Waals surface area contributed by atoms with Crippen LogP contribution in [0.4, 0.5) is 5.69 Å². The normalized spacial score (nSPS) is 10.4. The highest BCUT2D eigenvalue weighted by molar-refractivity contribution is 6.05. The molecule has 3 rings (SSSR count). The van der Waals surface area contributed by atoms with Crippen molar-refractivity contribution in [3.8, 4) is 0 Å². The van der Waals surface area contributed by atoms with Gasteiger partial charge in [-0.2, -0.15) is 0 Å². The molecule has 6 heteroatoms. The molecule has 0 saturated heterocycles. The molecule has 0 spiro atoms. The van der Waals surface area contributed by atoms with E-state index in [9.17, 15) is 9.59 Å². The molecule has 0 saturated carbocycles. The molecule has 0 aliphatic rings. The van der Waals surface area contributed by atoms with Crippen LogP contribution in [0.2, 0.25) is 0 Å². The van der Waals surface area contributed by atoms with Crippen LogP contribution in [-0.4, -0.2) is 23.3 Å². The second kappa shape index (κ2) is 8.31. The van der Waals surface area contributed by atoms with Crippen LogP contribution in [0.5, 0.6) is 0 Å². The predicted molar refractivity (Wildman–Crippen MR) is 103 cm³/mol. The number of aryl methyl sites for hydroxylation is 1. The summed E-state index contributed by atoms with van der Waals surface area (Å²) >= 11 is 0. The first-order valence-electron chi connectivity index (χ1n) is 8.74. The van der Waals surface area contributed by atoms with Crippen LogP contribution in [0.1, 0.15) is 39.2 Å². The quantitative estimate of drug-likeness (QED) is 0.726. The van der Waals surface area contributed by atoms with E-state index in [2.05, 4.69) is 10.3 Å². The van der Waals surface area contributed by atoms with Crippen LogP contribution >= 0.6 is 0 Å². The molecule has 0 aliphatic carbocycles. The SMILES string of the molecule is CCN(C(=O)c1cccc(C(=O)NCc2ccco2)n1)c1cccc(C)c1. The molecule has 27 heavy (non-hydrogen) atoms. The number of carbonyl (C=O) groups is 2. The molecule has 2 amide bonds. The molecule has 138 valence electrons. The van der Waals surface area contributed by atoms with Gasteiger partial charge in [0.15, 0.2) is 0 Å². The zero-order chi connectivity index (χ0) is 19.2. The van der Waals surface area contributed by atoms with E-state index in [1.54, 1.807) is 41.5 Å². The molecular formula is C21H21N3O3. The van der Waals surface area contributed by atoms with Gasteiger partial charge in [-0.1, -0.05) is 18.2 Å². The summed E-state index contributed by atoms with van der Waals surface area (Å²) in [5.41, 5.74) is 2.28. The van der Waals surface area contributed by atoms with E-state index in [0.717, 1.165) is 11.3 Å². The second-order valence-corrected chi connectivity index (χ2v) is 6.06. The highest BCUT2D eigenvalue weighted by atomic mass is 16.3. The average molecular weight is 363 g/mol. The Hall–Kier alpha value is -3.41. The van der Waals surface area contributed by atoms with Gasteiger partial charge < -0.3 is 14.6 Å². The molecular weight excluding hydrogens is 342 g/mol. The molecule has 6 nitrogen and oxygen atoms in total. The van der Waals surface area contributed by atoms with Crippen LogP contribution in [0, 0.1) is 6.92 Å². The zero-order valence-corrected chi connectivity index (χ0v) is 15.3. The molecule has 3 aromatic rings. The van der Waals surface area contributed by atoms with Gasteiger partial charge in [0.25, 0.3) is 11.8 Å². The molecule has 0 bridgehead atoms. The maximum absolute atomic E-state index is 12.9. The molecule has 2 heterocycles. The molecule has 1 aromatic carbocycles. The Morgan fingerprint density at radius 1 is 1.07 bits per heavy atom. The van der Waals surface area contributed by atoms with Crippen LogP contribution in [0.3, 0.4) is 0 Å². The minimum absolute atomic E-state index is 0.188. The fourth-order valence-corrected chi connectivity index (χ4v) is 2.73. The Labute approximate surface area is 157 Å². The number of nitrogens with one attached hydrogen (secondary N) is 1.